The predicted octanol–water partition coefficient (Wildman–Crippen LogP) is 1.41. The Hall–Kier alpha value is -2.94. The average molecular weight is 498 g/mol. The number of hydrogen-bond acceptors (Lipinski definition) is 6. The van der Waals surface area contributed by atoms with Gasteiger partial charge in [0.25, 0.3) is 5.91 Å². The van der Waals surface area contributed by atoms with Crippen molar-refractivity contribution in [2.24, 2.45) is 17.6 Å². The van der Waals surface area contributed by atoms with E-state index in [-0.39, 0.29) is 47.9 Å². The smallest absolute Gasteiger partial charge is 0.252 e. The molecule has 3 amide bonds. The summed E-state index contributed by atoms with van der Waals surface area (Å²) in [5.74, 6) is -0.692. The fourth-order valence-corrected chi connectivity index (χ4v) is 5.96. The van der Waals surface area contributed by atoms with Crippen LogP contribution in [0.1, 0.15) is 56.8 Å². The van der Waals surface area contributed by atoms with Gasteiger partial charge in [-0.05, 0) is 55.4 Å². The van der Waals surface area contributed by atoms with Gasteiger partial charge in [-0.25, -0.2) is 0 Å². The normalized spacial score (nSPS) is 27.8. The standard InChI is InChI=1S/C27H39N5O4/c1-6-7-20(28)25(35)32-15-22(33)23-21(32)12-13-31(23)26(36)27(14-19(27)16(2)3)29-24(34)17-8-10-18(11-9-17)30(4)5/h8-11,16,19-21,23H,6-7,12-15,28H2,1-5H3,(H,29,34)/t19?,20-,21+,23?,27?/m0/s1. The maximum Gasteiger partial charge on any atom is 0.252 e. The number of ketones is 1. The first-order valence-corrected chi connectivity index (χ1v) is 13.0. The van der Waals surface area contributed by atoms with Gasteiger partial charge in [-0.2, -0.15) is 0 Å². The lowest BCUT2D eigenvalue weighted by molar-refractivity contribution is -0.139. The van der Waals surface area contributed by atoms with Gasteiger partial charge >= 0.3 is 0 Å². The lowest BCUT2D eigenvalue weighted by Gasteiger charge is -2.30. The van der Waals surface area contributed by atoms with E-state index in [0.717, 1.165) is 12.1 Å². The highest BCUT2D eigenvalue weighted by atomic mass is 16.2. The summed E-state index contributed by atoms with van der Waals surface area (Å²) in [6.07, 6.45) is 2.42. The molecule has 1 aliphatic carbocycles. The molecule has 0 radical (unpaired) electrons. The van der Waals surface area contributed by atoms with Crippen molar-refractivity contribution in [2.45, 2.75) is 70.1 Å². The van der Waals surface area contributed by atoms with Crippen LogP contribution in [0.25, 0.3) is 0 Å². The van der Waals surface area contributed by atoms with Crippen molar-refractivity contribution >= 4 is 29.2 Å². The Bertz CT molecular complexity index is 1040. The van der Waals surface area contributed by atoms with E-state index in [9.17, 15) is 19.2 Å². The second-order valence-electron chi connectivity index (χ2n) is 11.0. The number of likely N-dealkylation sites (tertiary alicyclic amines) is 2. The van der Waals surface area contributed by atoms with Crippen molar-refractivity contribution in [3.05, 3.63) is 29.8 Å². The van der Waals surface area contributed by atoms with E-state index in [0.29, 0.717) is 31.4 Å². The minimum absolute atomic E-state index is 0.0127. The molecule has 0 spiro atoms. The van der Waals surface area contributed by atoms with E-state index in [1.54, 1.807) is 21.9 Å². The van der Waals surface area contributed by atoms with Gasteiger partial charge in [0.2, 0.25) is 11.8 Å². The highest BCUT2D eigenvalue weighted by molar-refractivity contribution is 6.04. The SMILES string of the molecule is CCC[C@H](N)C(=O)N1CC(=O)C2[C@H]1CCN2C(=O)C1(NC(=O)c2ccc(N(C)C)cc2)CC1C(C)C. The molecule has 9 heteroatoms. The Morgan fingerprint density at radius 1 is 1.17 bits per heavy atom. The van der Waals surface area contributed by atoms with Crippen molar-refractivity contribution in [2.75, 3.05) is 32.1 Å². The molecule has 3 aliphatic rings. The van der Waals surface area contributed by atoms with Crippen LogP contribution in [0.2, 0.25) is 0 Å². The summed E-state index contributed by atoms with van der Waals surface area (Å²) in [5, 5.41) is 3.05. The van der Waals surface area contributed by atoms with Crippen molar-refractivity contribution in [3.63, 3.8) is 0 Å². The van der Waals surface area contributed by atoms with Gasteiger partial charge in [0.1, 0.15) is 11.6 Å². The lowest BCUT2D eigenvalue weighted by atomic mass is 10.0. The molecule has 1 aromatic carbocycles. The molecular weight excluding hydrogens is 458 g/mol. The van der Waals surface area contributed by atoms with Crippen LogP contribution in [0, 0.1) is 11.8 Å². The van der Waals surface area contributed by atoms with Crippen molar-refractivity contribution in [3.8, 4) is 0 Å². The molecule has 3 fully saturated rings. The zero-order chi connectivity index (χ0) is 26.4. The van der Waals surface area contributed by atoms with Crippen LogP contribution >= 0.6 is 0 Å². The third kappa shape index (κ3) is 4.49. The Kier molecular flexibility index (Phi) is 7.14. The molecule has 2 saturated heterocycles. The minimum Gasteiger partial charge on any atom is -0.378 e. The van der Waals surface area contributed by atoms with Crippen molar-refractivity contribution in [1.29, 1.82) is 0 Å². The van der Waals surface area contributed by atoms with E-state index >= 15 is 0 Å². The molecule has 0 bridgehead atoms. The number of amides is 3. The second-order valence-corrected chi connectivity index (χ2v) is 11.0. The van der Waals surface area contributed by atoms with Gasteiger partial charge in [0, 0.05) is 31.9 Å². The number of anilines is 1. The molecule has 3 unspecified atom stereocenters. The second kappa shape index (κ2) is 9.84. The molecule has 2 heterocycles. The molecule has 1 saturated carbocycles. The lowest BCUT2D eigenvalue weighted by Crippen LogP contribution is -2.55. The van der Waals surface area contributed by atoms with Gasteiger partial charge in [-0.3, -0.25) is 19.2 Å². The maximum absolute atomic E-state index is 14.0. The number of hydrogen-bond donors (Lipinski definition) is 2. The number of nitrogens with two attached hydrogens (primary N) is 1. The number of Topliss-reactive ketones (excluding diaryl/α,β-unsaturated/α-hetero) is 1. The van der Waals surface area contributed by atoms with Crippen LogP contribution in [0.4, 0.5) is 5.69 Å². The molecule has 5 atom stereocenters. The van der Waals surface area contributed by atoms with Gasteiger partial charge in [0.15, 0.2) is 5.78 Å². The number of nitrogens with one attached hydrogen (secondary N) is 1. The summed E-state index contributed by atoms with van der Waals surface area (Å²) in [6.45, 7) is 6.42. The molecular formula is C27H39N5O4. The quantitative estimate of drug-likeness (QED) is 0.561. The number of nitrogens with zero attached hydrogens (tertiary/aromatic N) is 3. The molecule has 36 heavy (non-hydrogen) atoms. The van der Waals surface area contributed by atoms with E-state index in [1.807, 2.05) is 51.9 Å². The van der Waals surface area contributed by atoms with E-state index < -0.39 is 17.6 Å². The topological polar surface area (TPSA) is 116 Å². The molecule has 3 N–H and O–H groups in total. The zero-order valence-corrected chi connectivity index (χ0v) is 22.0. The molecule has 1 aromatic rings. The van der Waals surface area contributed by atoms with Crippen LogP contribution in [0.15, 0.2) is 24.3 Å². The van der Waals surface area contributed by atoms with Crippen LogP contribution in [0.3, 0.4) is 0 Å². The summed E-state index contributed by atoms with van der Waals surface area (Å²) in [7, 11) is 3.86. The average Bonchev–Trinajstić information content (AvgIpc) is 3.26. The maximum atomic E-state index is 14.0. The van der Waals surface area contributed by atoms with Crippen LogP contribution in [-0.2, 0) is 14.4 Å². The summed E-state index contributed by atoms with van der Waals surface area (Å²) in [4.78, 5) is 58.3. The van der Waals surface area contributed by atoms with E-state index in [4.69, 9.17) is 5.73 Å². The molecule has 2 aliphatic heterocycles. The highest BCUT2D eigenvalue weighted by Gasteiger charge is 2.65. The van der Waals surface area contributed by atoms with Crippen LogP contribution < -0.4 is 16.0 Å². The van der Waals surface area contributed by atoms with Crippen molar-refractivity contribution in [1.82, 2.24) is 15.1 Å². The van der Waals surface area contributed by atoms with Crippen molar-refractivity contribution < 1.29 is 19.2 Å². The third-order valence-corrected chi connectivity index (χ3v) is 8.07. The van der Waals surface area contributed by atoms with E-state index in [2.05, 4.69) is 5.32 Å². The third-order valence-electron chi connectivity index (χ3n) is 8.07. The number of carbonyl (C=O) groups excluding carboxylic acids is 4. The Labute approximate surface area is 213 Å². The van der Waals surface area contributed by atoms with Gasteiger partial charge < -0.3 is 25.8 Å². The van der Waals surface area contributed by atoms with Gasteiger partial charge in [-0.15, -0.1) is 0 Å². The first kappa shape index (κ1) is 26.1. The first-order valence-electron chi connectivity index (χ1n) is 13.0. The number of carbonyl (C=O) groups is 4. The number of rotatable bonds is 8. The van der Waals surface area contributed by atoms with Crippen LogP contribution in [-0.4, -0.2) is 84.2 Å². The molecule has 196 valence electrons. The minimum atomic E-state index is -1.03. The Balaban J connectivity index is 1.53. The molecule has 9 nitrogen and oxygen atoms in total. The summed E-state index contributed by atoms with van der Waals surface area (Å²) >= 11 is 0. The predicted molar refractivity (Wildman–Crippen MR) is 137 cm³/mol. The first-order chi connectivity index (χ1) is 17.0. The van der Waals surface area contributed by atoms with Gasteiger partial charge in [0.05, 0.1) is 18.6 Å². The molecule has 0 aromatic heterocycles. The Morgan fingerprint density at radius 2 is 1.83 bits per heavy atom. The van der Waals surface area contributed by atoms with Gasteiger partial charge in [-0.1, -0.05) is 27.2 Å². The molecule has 4 rings (SSSR count). The highest BCUT2D eigenvalue weighted by Crippen LogP contribution is 2.51. The Morgan fingerprint density at radius 3 is 2.39 bits per heavy atom. The number of benzene rings is 1. The van der Waals surface area contributed by atoms with E-state index in [1.165, 1.54) is 0 Å². The fraction of sp³-hybridized carbons (Fsp3) is 0.630. The zero-order valence-electron chi connectivity index (χ0n) is 22.0. The summed E-state index contributed by atoms with van der Waals surface area (Å²) in [5.41, 5.74) is 6.50. The summed E-state index contributed by atoms with van der Waals surface area (Å²) < 4.78 is 0. The summed E-state index contributed by atoms with van der Waals surface area (Å²) in [6, 6.07) is 5.59. The fourth-order valence-electron chi connectivity index (χ4n) is 5.96. The largest absolute Gasteiger partial charge is 0.378 e. The monoisotopic (exact) mass is 497 g/mol. The number of fused-ring (bicyclic) bond motifs is 1. The van der Waals surface area contributed by atoms with Crippen LogP contribution in [0.5, 0.6) is 0 Å².